The molecule has 0 aliphatic rings. The van der Waals surface area contributed by atoms with Gasteiger partial charge < -0.3 is 15.2 Å². The van der Waals surface area contributed by atoms with Crippen molar-refractivity contribution in [2.75, 3.05) is 20.0 Å². The van der Waals surface area contributed by atoms with Gasteiger partial charge in [-0.3, -0.25) is 4.79 Å². The predicted molar refractivity (Wildman–Crippen MR) is 78.8 cm³/mol. The van der Waals surface area contributed by atoms with Crippen LogP contribution in [0.3, 0.4) is 0 Å². The molecule has 0 amide bonds. The lowest BCUT2D eigenvalue weighted by molar-refractivity contribution is 0.103. The smallest absolute Gasteiger partial charge is 0.196 e. The maximum atomic E-state index is 13.5. The van der Waals surface area contributed by atoms with Crippen LogP contribution in [0.1, 0.15) is 15.9 Å². The molecular weight excluding hydrogens is 297 g/mol. The van der Waals surface area contributed by atoms with E-state index in [2.05, 4.69) is 0 Å². The van der Waals surface area contributed by atoms with Crippen LogP contribution < -0.4 is 15.2 Å². The summed E-state index contributed by atoms with van der Waals surface area (Å²) >= 11 is 6.11. The molecule has 6 heteroatoms. The quantitative estimate of drug-likeness (QED) is 0.695. The van der Waals surface area contributed by atoms with E-state index in [0.717, 1.165) is 6.07 Å². The number of nitrogen functional groups attached to an aromatic ring is 1. The fourth-order valence-corrected chi connectivity index (χ4v) is 2.22. The molecule has 4 nitrogen and oxygen atoms in total. The molecule has 0 fully saturated rings. The molecule has 0 saturated heterocycles. The van der Waals surface area contributed by atoms with E-state index in [-0.39, 0.29) is 27.6 Å². The highest BCUT2D eigenvalue weighted by Gasteiger charge is 2.20. The number of ketones is 1. The first-order valence-electron chi connectivity index (χ1n) is 5.99. The lowest BCUT2D eigenvalue weighted by Crippen LogP contribution is -2.06. The Hall–Kier alpha value is -2.27. The normalized spacial score (nSPS) is 10.3. The van der Waals surface area contributed by atoms with Crippen LogP contribution in [0.25, 0.3) is 0 Å². The minimum Gasteiger partial charge on any atom is -0.495 e. The standard InChI is InChI=1S/C15H13ClFNO3/c1-20-12-6-4-9(15(21-2)13(12)16)14(19)8-3-5-11(18)10(17)7-8/h3-7H,18H2,1-2H3. The summed E-state index contributed by atoms with van der Waals surface area (Å²) in [6.07, 6.45) is 0. The monoisotopic (exact) mass is 309 g/mol. The number of hydrogen-bond acceptors (Lipinski definition) is 4. The molecule has 0 heterocycles. The zero-order valence-electron chi connectivity index (χ0n) is 11.4. The highest BCUT2D eigenvalue weighted by molar-refractivity contribution is 6.34. The van der Waals surface area contributed by atoms with Crippen LogP contribution >= 0.6 is 11.6 Å². The van der Waals surface area contributed by atoms with Gasteiger partial charge in [-0.05, 0) is 30.3 Å². The molecule has 0 aromatic heterocycles. The molecule has 0 atom stereocenters. The van der Waals surface area contributed by atoms with E-state index in [1.54, 1.807) is 6.07 Å². The molecule has 110 valence electrons. The second-order valence-electron chi connectivity index (χ2n) is 4.23. The van der Waals surface area contributed by atoms with Gasteiger partial charge in [-0.2, -0.15) is 0 Å². The van der Waals surface area contributed by atoms with Crippen LogP contribution in [0.4, 0.5) is 10.1 Å². The van der Waals surface area contributed by atoms with Crippen molar-refractivity contribution in [2.24, 2.45) is 0 Å². The molecule has 0 aliphatic carbocycles. The van der Waals surface area contributed by atoms with Crippen molar-refractivity contribution < 1.29 is 18.7 Å². The number of carbonyl (C=O) groups is 1. The lowest BCUT2D eigenvalue weighted by Gasteiger charge is -2.12. The Labute approximate surface area is 126 Å². The SMILES string of the molecule is COc1ccc(C(=O)c2ccc(N)c(F)c2)c(OC)c1Cl. The molecule has 0 spiro atoms. The van der Waals surface area contributed by atoms with Crippen LogP contribution in [0.5, 0.6) is 11.5 Å². The maximum Gasteiger partial charge on any atom is 0.196 e. The molecule has 2 aromatic rings. The van der Waals surface area contributed by atoms with E-state index in [0.29, 0.717) is 5.75 Å². The van der Waals surface area contributed by atoms with Gasteiger partial charge in [0.1, 0.15) is 16.6 Å². The highest BCUT2D eigenvalue weighted by atomic mass is 35.5. The van der Waals surface area contributed by atoms with Crippen LogP contribution in [0.2, 0.25) is 5.02 Å². The van der Waals surface area contributed by atoms with E-state index in [9.17, 15) is 9.18 Å². The predicted octanol–water partition coefficient (Wildman–Crippen LogP) is 3.31. The first-order chi connectivity index (χ1) is 9.99. The van der Waals surface area contributed by atoms with Gasteiger partial charge in [-0.1, -0.05) is 11.6 Å². The number of methoxy groups -OCH3 is 2. The Morgan fingerprint density at radius 3 is 2.48 bits per heavy atom. The van der Waals surface area contributed by atoms with Gasteiger partial charge in [0.05, 0.1) is 25.5 Å². The molecule has 0 bridgehead atoms. The van der Waals surface area contributed by atoms with Crippen molar-refractivity contribution in [3.8, 4) is 11.5 Å². The van der Waals surface area contributed by atoms with Gasteiger partial charge >= 0.3 is 0 Å². The lowest BCUT2D eigenvalue weighted by atomic mass is 10.0. The Morgan fingerprint density at radius 1 is 1.19 bits per heavy atom. The van der Waals surface area contributed by atoms with Crippen LogP contribution in [-0.4, -0.2) is 20.0 Å². The zero-order valence-corrected chi connectivity index (χ0v) is 12.2. The molecular formula is C15H13ClFNO3. The topological polar surface area (TPSA) is 61.5 Å². The number of hydrogen-bond donors (Lipinski definition) is 1. The van der Waals surface area contributed by atoms with Crippen molar-refractivity contribution in [1.82, 2.24) is 0 Å². The Balaban J connectivity index is 2.52. The van der Waals surface area contributed by atoms with Gasteiger partial charge in [0.25, 0.3) is 0 Å². The second-order valence-corrected chi connectivity index (χ2v) is 4.61. The first-order valence-corrected chi connectivity index (χ1v) is 6.37. The molecule has 0 radical (unpaired) electrons. The average Bonchev–Trinajstić information content (AvgIpc) is 2.49. The summed E-state index contributed by atoms with van der Waals surface area (Å²) in [5.74, 6) is -0.512. The van der Waals surface area contributed by atoms with Gasteiger partial charge in [0.15, 0.2) is 11.5 Å². The van der Waals surface area contributed by atoms with Crippen molar-refractivity contribution in [1.29, 1.82) is 0 Å². The zero-order chi connectivity index (χ0) is 15.6. The highest BCUT2D eigenvalue weighted by Crippen LogP contribution is 2.37. The number of rotatable bonds is 4. The number of nitrogens with two attached hydrogens (primary N) is 1. The van der Waals surface area contributed by atoms with Gasteiger partial charge in [0.2, 0.25) is 0 Å². The average molecular weight is 310 g/mol. The first kappa shape index (κ1) is 15.1. The summed E-state index contributed by atoms with van der Waals surface area (Å²) in [5, 5.41) is 0.182. The Morgan fingerprint density at radius 2 is 1.90 bits per heavy atom. The molecule has 2 aromatic carbocycles. The Kier molecular flexibility index (Phi) is 4.33. The van der Waals surface area contributed by atoms with E-state index < -0.39 is 11.6 Å². The van der Waals surface area contributed by atoms with Gasteiger partial charge in [-0.15, -0.1) is 0 Å². The fraction of sp³-hybridized carbons (Fsp3) is 0.133. The van der Waals surface area contributed by atoms with Crippen molar-refractivity contribution in [3.05, 3.63) is 52.3 Å². The van der Waals surface area contributed by atoms with Crippen LogP contribution in [-0.2, 0) is 0 Å². The van der Waals surface area contributed by atoms with Crippen LogP contribution in [0, 0.1) is 5.82 Å². The second kappa shape index (κ2) is 6.01. The number of benzene rings is 2. The minimum absolute atomic E-state index is 0.0220. The number of ether oxygens (including phenoxy) is 2. The van der Waals surface area contributed by atoms with E-state index in [4.69, 9.17) is 26.8 Å². The van der Waals surface area contributed by atoms with Crippen molar-refractivity contribution >= 4 is 23.1 Å². The summed E-state index contributed by atoms with van der Waals surface area (Å²) in [4.78, 5) is 12.5. The van der Waals surface area contributed by atoms with Crippen molar-refractivity contribution in [2.45, 2.75) is 0 Å². The molecule has 2 rings (SSSR count). The minimum atomic E-state index is -0.653. The van der Waals surface area contributed by atoms with E-state index in [1.165, 1.54) is 32.4 Å². The van der Waals surface area contributed by atoms with Crippen molar-refractivity contribution in [3.63, 3.8) is 0 Å². The summed E-state index contributed by atoms with van der Waals surface area (Å²) in [6.45, 7) is 0. The molecule has 0 saturated carbocycles. The molecule has 2 N–H and O–H groups in total. The summed E-state index contributed by atoms with van der Waals surface area (Å²) in [5.41, 5.74) is 5.74. The van der Waals surface area contributed by atoms with Gasteiger partial charge in [0, 0.05) is 5.56 Å². The summed E-state index contributed by atoms with van der Waals surface area (Å²) in [7, 11) is 2.85. The third-order valence-electron chi connectivity index (χ3n) is 2.99. The van der Waals surface area contributed by atoms with Gasteiger partial charge in [-0.25, -0.2) is 4.39 Å². The largest absolute Gasteiger partial charge is 0.495 e. The summed E-state index contributed by atoms with van der Waals surface area (Å²) < 4.78 is 23.7. The molecule has 21 heavy (non-hydrogen) atoms. The third kappa shape index (κ3) is 2.78. The molecule has 0 aliphatic heterocycles. The summed E-state index contributed by atoms with van der Waals surface area (Å²) in [6, 6.07) is 6.92. The third-order valence-corrected chi connectivity index (χ3v) is 3.35. The van der Waals surface area contributed by atoms with E-state index >= 15 is 0 Å². The van der Waals surface area contributed by atoms with E-state index in [1.807, 2.05) is 0 Å². The number of carbonyl (C=O) groups excluding carboxylic acids is 1. The maximum absolute atomic E-state index is 13.5. The number of halogens is 2. The fourth-order valence-electron chi connectivity index (χ4n) is 1.90. The number of anilines is 1. The Bertz CT molecular complexity index is 704. The molecule has 0 unspecified atom stereocenters. The van der Waals surface area contributed by atoms with Crippen LogP contribution in [0.15, 0.2) is 30.3 Å².